The number of piperazine rings is 1. The second kappa shape index (κ2) is 7.49. The number of hydrogen-bond donors (Lipinski definition) is 0. The molecule has 2 fully saturated rings. The Hall–Kier alpha value is -1.28. The van der Waals surface area contributed by atoms with Gasteiger partial charge in [-0.25, -0.2) is 4.79 Å². The Morgan fingerprint density at radius 1 is 1.20 bits per heavy atom. The van der Waals surface area contributed by atoms with E-state index < -0.39 is 0 Å². The maximum Gasteiger partial charge on any atom is 0.409 e. The maximum absolute atomic E-state index is 11.7. The van der Waals surface area contributed by atoms with Gasteiger partial charge < -0.3 is 9.64 Å². The molecule has 2 rings (SSSR count). The van der Waals surface area contributed by atoms with Crippen LogP contribution in [0.15, 0.2) is 0 Å². The molecule has 1 aliphatic carbocycles. The normalized spacial score (nSPS) is 28.5. The molecule has 1 amide bonds. The monoisotopic (exact) mass is 279 g/mol. The van der Waals surface area contributed by atoms with Crippen LogP contribution in [0, 0.1) is 17.2 Å². The lowest BCUT2D eigenvalue weighted by molar-refractivity contribution is 0.0566. The minimum atomic E-state index is -0.204. The van der Waals surface area contributed by atoms with Crippen LogP contribution in [0.25, 0.3) is 0 Å². The van der Waals surface area contributed by atoms with E-state index in [1.165, 1.54) is 19.3 Å². The fourth-order valence-corrected chi connectivity index (χ4v) is 3.33. The first kappa shape index (κ1) is 15.1. The van der Waals surface area contributed by atoms with E-state index in [0.717, 1.165) is 25.9 Å². The Morgan fingerprint density at radius 3 is 2.55 bits per heavy atom. The van der Waals surface area contributed by atoms with Crippen LogP contribution in [0.3, 0.4) is 0 Å². The molecule has 2 atom stereocenters. The van der Waals surface area contributed by atoms with E-state index in [9.17, 15) is 10.1 Å². The van der Waals surface area contributed by atoms with Crippen molar-refractivity contribution in [2.45, 2.75) is 45.1 Å². The third-order valence-corrected chi connectivity index (χ3v) is 4.45. The SMILES string of the molecule is CCOC(=O)N1CCN(C2CCCCCC2C#N)CC1. The summed E-state index contributed by atoms with van der Waals surface area (Å²) in [7, 11) is 0. The number of amides is 1. The summed E-state index contributed by atoms with van der Waals surface area (Å²) in [5.41, 5.74) is 0. The van der Waals surface area contributed by atoms with Crippen LogP contribution in [0.5, 0.6) is 0 Å². The zero-order chi connectivity index (χ0) is 14.4. The van der Waals surface area contributed by atoms with Gasteiger partial charge in [0.2, 0.25) is 0 Å². The first-order valence-electron chi connectivity index (χ1n) is 7.81. The summed E-state index contributed by atoms with van der Waals surface area (Å²) >= 11 is 0. The molecule has 0 aromatic carbocycles. The van der Waals surface area contributed by atoms with Crippen LogP contribution in [0.4, 0.5) is 4.79 Å². The fraction of sp³-hybridized carbons (Fsp3) is 0.867. The first-order chi connectivity index (χ1) is 9.76. The number of carbonyl (C=O) groups excluding carboxylic acids is 1. The van der Waals surface area contributed by atoms with Crippen molar-refractivity contribution in [3.05, 3.63) is 0 Å². The van der Waals surface area contributed by atoms with Gasteiger partial charge in [-0.05, 0) is 19.8 Å². The molecule has 112 valence electrons. The van der Waals surface area contributed by atoms with Gasteiger partial charge in [-0.15, -0.1) is 0 Å². The third-order valence-electron chi connectivity index (χ3n) is 4.45. The zero-order valence-electron chi connectivity index (χ0n) is 12.4. The molecule has 5 nitrogen and oxygen atoms in total. The van der Waals surface area contributed by atoms with Gasteiger partial charge in [0, 0.05) is 32.2 Å². The predicted octanol–water partition coefficient (Wildman–Crippen LogP) is 2.23. The van der Waals surface area contributed by atoms with Gasteiger partial charge in [0.05, 0.1) is 18.6 Å². The first-order valence-corrected chi connectivity index (χ1v) is 7.81. The summed E-state index contributed by atoms with van der Waals surface area (Å²) in [6, 6.07) is 2.88. The third kappa shape index (κ3) is 3.63. The maximum atomic E-state index is 11.7. The van der Waals surface area contributed by atoms with Crippen molar-refractivity contribution >= 4 is 6.09 Å². The van der Waals surface area contributed by atoms with E-state index in [1.807, 2.05) is 6.92 Å². The number of nitriles is 1. The predicted molar refractivity (Wildman–Crippen MR) is 76.1 cm³/mol. The Bertz CT molecular complexity index is 359. The molecule has 1 saturated carbocycles. The molecule has 1 saturated heterocycles. The molecule has 2 aliphatic rings. The smallest absolute Gasteiger partial charge is 0.409 e. The van der Waals surface area contributed by atoms with Crippen LogP contribution >= 0.6 is 0 Å². The molecular formula is C15H25N3O2. The summed E-state index contributed by atoms with van der Waals surface area (Å²) in [5.74, 6) is 0.159. The van der Waals surface area contributed by atoms with Crippen molar-refractivity contribution in [3.63, 3.8) is 0 Å². The number of hydrogen-bond acceptors (Lipinski definition) is 4. The van der Waals surface area contributed by atoms with Gasteiger partial charge in [-0.3, -0.25) is 4.90 Å². The van der Waals surface area contributed by atoms with E-state index in [2.05, 4.69) is 11.0 Å². The van der Waals surface area contributed by atoms with Crippen molar-refractivity contribution in [2.24, 2.45) is 5.92 Å². The van der Waals surface area contributed by atoms with Gasteiger partial charge in [0.15, 0.2) is 0 Å². The fourth-order valence-electron chi connectivity index (χ4n) is 3.33. The number of nitrogens with zero attached hydrogens (tertiary/aromatic N) is 3. The number of carbonyl (C=O) groups is 1. The lowest BCUT2D eigenvalue weighted by Crippen LogP contribution is -2.53. The quantitative estimate of drug-likeness (QED) is 0.727. The van der Waals surface area contributed by atoms with Gasteiger partial charge >= 0.3 is 6.09 Å². The molecule has 0 N–H and O–H groups in total. The highest BCUT2D eigenvalue weighted by molar-refractivity contribution is 5.67. The Labute approximate surface area is 121 Å². The summed E-state index contributed by atoms with van der Waals surface area (Å²) in [5, 5.41) is 9.37. The van der Waals surface area contributed by atoms with E-state index in [1.54, 1.807) is 4.90 Å². The molecule has 0 aromatic heterocycles. The van der Waals surface area contributed by atoms with E-state index in [-0.39, 0.29) is 12.0 Å². The van der Waals surface area contributed by atoms with Crippen molar-refractivity contribution in [2.75, 3.05) is 32.8 Å². The summed E-state index contributed by atoms with van der Waals surface area (Å²) < 4.78 is 5.04. The van der Waals surface area contributed by atoms with Crippen LogP contribution in [-0.2, 0) is 4.74 Å². The van der Waals surface area contributed by atoms with Gasteiger partial charge in [-0.2, -0.15) is 5.26 Å². The van der Waals surface area contributed by atoms with Crippen LogP contribution in [0.1, 0.15) is 39.0 Å². The van der Waals surface area contributed by atoms with Crippen molar-refractivity contribution in [1.29, 1.82) is 5.26 Å². The molecule has 5 heteroatoms. The molecule has 1 aliphatic heterocycles. The highest BCUT2D eigenvalue weighted by atomic mass is 16.6. The average molecular weight is 279 g/mol. The molecule has 0 radical (unpaired) electrons. The summed E-state index contributed by atoms with van der Waals surface area (Å²) in [6.07, 6.45) is 5.59. The number of rotatable bonds is 2. The van der Waals surface area contributed by atoms with Crippen molar-refractivity contribution < 1.29 is 9.53 Å². The molecule has 20 heavy (non-hydrogen) atoms. The molecular weight excluding hydrogens is 254 g/mol. The number of ether oxygens (including phenoxy) is 1. The standard InChI is InChI=1S/C15H25N3O2/c1-2-20-15(19)18-10-8-17(9-11-18)14-7-5-3-4-6-13(14)12-16/h13-14H,2-11H2,1H3. The summed E-state index contributed by atoms with van der Waals surface area (Å²) in [4.78, 5) is 15.9. The van der Waals surface area contributed by atoms with Crippen LogP contribution in [0.2, 0.25) is 0 Å². The van der Waals surface area contributed by atoms with Crippen LogP contribution in [-0.4, -0.2) is 54.7 Å². The molecule has 0 bridgehead atoms. The average Bonchev–Trinajstić information content (AvgIpc) is 2.72. The Kier molecular flexibility index (Phi) is 5.66. The largest absolute Gasteiger partial charge is 0.450 e. The zero-order valence-corrected chi connectivity index (χ0v) is 12.4. The topological polar surface area (TPSA) is 56.6 Å². The second-order valence-corrected chi connectivity index (χ2v) is 5.66. The molecule has 0 aromatic rings. The highest BCUT2D eigenvalue weighted by Gasteiger charge is 2.32. The minimum absolute atomic E-state index is 0.159. The van der Waals surface area contributed by atoms with Crippen LogP contribution < -0.4 is 0 Å². The van der Waals surface area contributed by atoms with Crippen molar-refractivity contribution in [3.8, 4) is 6.07 Å². The van der Waals surface area contributed by atoms with E-state index >= 15 is 0 Å². The summed E-state index contributed by atoms with van der Waals surface area (Å²) in [6.45, 7) is 5.42. The second-order valence-electron chi connectivity index (χ2n) is 5.66. The van der Waals surface area contributed by atoms with E-state index in [4.69, 9.17) is 4.74 Å². The van der Waals surface area contributed by atoms with Gasteiger partial charge in [0.1, 0.15) is 0 Å². The molecule has 1 heterocycles. The Morgan fingerprint density at radius 2 is 1.90 bits per heavy atom. The van der Waals surface area contributed by atoms with Gasteiger partial charge in [0.25, 0.3) is 0 Å². The molecule has 0 spiro atoms. The lowest BCUT2D eigenvalue weighted by atomic mass is 9.94. The van der Waals surface area contributed by atoms with E-state index in [0.29, 0.717) is 25.7 Å². The minimum Gasteiger partial charge on any atom is -0.450 e. The highest BCUT2D eigenvalue weighted by Crippen LogP contribution is 2.27. The molecule has 2 unspecified atom stereocenters. The lowest BCUT2D eigenvalue weighted by Gasteiger charge is -2.40. The van der Waals surface area contributed by atoms with Gasteiger partial charge in [-0.1, -0.05) is 19.3 Å². The Balaban J connectivity index is 1.88. The van der Waals surface area contributed by atoms with Crippen molar-refractivity contribution in [1.82, 2.24) is 9.80 Å².